The molecule has 1 aliphatic carbocycles. The molecular formula is C14H22. The van der Waals surface area contributed by atoms with Gasteiger partial charge in [-0.3, -0.25) is 0 Å². The highest BCUT2D eigenvalue weighted by Crippen LogP contribution is 2.06. The molecule has 0 aromatic heterocycles. The van der Waals surface area contributed by atoms with E-state index in [9.17, 15) is 0 Å². The van der Waals surface area contributed by atoms with E-state index in [-0.39, 0.29) is 0 Å². The van der Waals surface area contributed by atoms with E-state index in [1.54, 1.807) is 0 Å². The molecular weight excluding hydrogens is 168 g/mol. The summed E-state index contributed by atoms with van der Waals surface area (Å²) in [6.45, 7) is 0. The van der Waals surface area contributed by atoms with Crippen LogP contribution in [-0.2, 0) is 0 Å². The van der Waals surface area contributed by atoms with Gasteiger partial charge in [0.25, 0.3) is 0 Å². The summed E-state index contributed by atoms with van der Waals surface area (Å²) >= 11 is 0. The fraction of sp³-hybridized carbons (Fsp3) is 0.571. The maximum absolute atomic E-state index is 2.35. The minimum Gasteiger partial charge on any atom is -0.0885 e. The third-order valence-electron chi connectivity index (χ3n) is 2.53. The fourth-order valence-electron chi connectivity index (χ4n) is 1.63. The summed E-state index contributed by atoms with van der Waals surface area (Å²) in [6, 6.07) is 0. The van der Waals surface area contributed by atoms with Crippen LogP contribution in [-0.4, -0.2) is 0 Å². The Morgan fingerprint density at radius 2 is 0.786 bits per heavy atom. The Hall–Kier alpha value is -0.780. The third-order valence-corrected chi connectivity index (χ3v) is 2.53. The van der Waals surface area contributed by atoms with Gasteiger partial charge in [0, 0.05) is 0 Å². The zero-order valence-electron chi connectivity index (χ0n) is 9.12. The van der Waals surface area contributed by atoms with E-state index in [2.05, 4.69) is 36.5 Å². The fourth-order valence-corrected chi connectivity index (χ4v) is 1.63. The lowest BCUT2D eigenvalue weighted by atomic mass is 10.1. The van der Waals surface area contributed by atoms with Crippen molar-refractivity contribution in [3.05, 3.63) is 36.5 Å². The molecule has 0 fully saturated rings. The van der Waals surface area contributed by atoms with Gasteiger partial charge < -0.3 is 0 Å². The topological polar surface area (TPSA) is 0 Å². The highest BCUT2D eigenvalue weighted by molar-refractivity contribution is 5.02. The number of hydrogen-bond donors (Lipinski definition) is 0. The minimum absolute atomic E-state index is 1.23. The standard InChI is InChI=1S/C14H22/c1-2-4-6-8-10-12-14-13-11-9-7-5-3-1/h1-4,13-14H,5-12H2. The molecule has 1 aliphatic rings. The molecule has 0 atom stereocenters. The number of allylic oxidation sites excluding steroid dienone is 6. The van der Waals surface area contributed by atoms with Crippen molar-refractivity contribution in [2.24, 2.45) is 0 Å². The van der Waals surface area contributed by atoms with Gasteiger partial charge in [-0.1, -0.05) is 36.5 Å². The van der Waals surface area contributed by atoms with E-state index >= 15 is 0 Å². The summed E-state index contributed by atoms with van der Waals surface area (Å²) in [6.07, 6.45) is 24.0. The van der Waals surface area contributed by atoms with Crippen molar-refractivity contribution >= 4 is 0 Å². The molecule has 0 bridgehead atoms. The Balaban J connectivity index is 2.25. The summed E-state index contributed by atoms with van der Waals surface area (Å²) in [5.41, 5.74) is 0. The van der Waals surface area contributed by atoms with E-state index in [1.165, 1.54) is 51.4 Å². The molecule has 0 heteroatoms. The van der Waals surface area contributed by atoms with Crippen LogP contribution in [0.1, 0.15) is 51.4 Å². The van der Waals surface area contributed by atoms with Crippen LogP contribution >= 0.6 is 0 Å². The molecule has 0 aliphatic heterocycles. The SMILES string of the molecule is C1=CCCCCC=CCCCCC=C1. The number of rotatable bonds is 0. The van der Waals surface area contributed by atoms with Crippen molar-refractivity contribution < 1.29 is 0 Å². The van der Waals surface area contributed by atoms with Crippen molar-refractivity contribution in [2.75, 3.05) is 0 Å². The zero-order valence-corrected chi connectivity index (χ0v) is 9.12. The van der Waals surface area contributed by atoms with E-state index in [0.717, 1.165) is 0 Å². The molecule has 0 N–H and O–H groups in total. The van der Waals surface area contributed by atoms with Crippen LogP contribution < -0.4 is 0 Å². The Kier molecular flexibility index (Phi) is 7.10. The van der Waals surface area contributed by atoms with Crippen molar-refractivity contribution in [1.82, 2.24) is 0 Å². The van der Waals surface area contributed by atoms with E-state index in [4.69, 9.17) is 0 Å². The summed E-state index contributed by atoms with van der Waals surface area (Å²) < 4.78 is 0. The molecule has 0 aromatic rings. The van der Waals surface area contributed by atoms with Crippen LogP contribution in [0.2, 0.25) is 0 Å². The van der Waals surface area contributed by atoms with Crippen LogP contribution in [0.25, 0.3) is 0 Å². The van der Waals surface area contributed by atoms with Crippen molar-refractivity contribution in [3.8, 4) is 0 Å². The first-order valence-corrected chi connectivity index (χ1v) is 5.97. The Morgan fingerprint density at radius 1 is 0.429 bits per heavy atom. The van der Waals surface area contributed by atoms with Gasteiger partial charge in [0.1, 0.15) is 0 Å². The minimum atomic E-state index is 1.23. The van der Waals surface area contributed by atoms with E-state index < -0.39 is 0 Å². The predicted octanol–water partition coefficient (Wildman–Crippen LogP) is 4.79. The van der Waals surface area contributed by atoms with Gasteiger partial charge in [0.15, 0.2) is 0 Å². The molecule has 0 nitrogen and oxygen atoms in total. The van der Waals surface area contributed by atoms with Gasteiger partial charge in [0.2, 0.25) is 0 Å². The summed E-state index contributed by atoms with van der Waals surface area (Å²) in [5.74, 6) is 0. The second-order valence-electron chi connectivity index (χ2n) is 3.90. The quantitative estimate of drug-likeness (QED) is 0.482. The van der Waals surface area contributed by atoms with Crippen LogP contribution in [0.15, 0.2) is 36.5 Å². The second kappa shape index (κ2) is 8.80. The molecule has 0 heterocycles. The average molecular weight is 190 g/mol. The Morgan fingerprint density at radius 3 is 1.21 bits per heavy atom. The van der Waals surface area contributed by atoms with Gasteiger partial charge in [0.05, 0.1) is 0 Å². The predicted molar refractivity (Wildman–Crippen MR) is 64.4 cm³/mol. The maximum Gasteiger partial charge on any atom is -0.0347 e. The van der Waals surface area contributed by atoms with Crippen molar-refractivity contribution in [1.29, 1.82) is 0 Å². The van der Waals surface area contributed by atoms with E-state index in [0.29, 0.717) is 0 Å². The summed E-state index contributed by atoms with van der Waals surface area (Å²) in [5, 5.41) is 0. The monoisotopic (exact) mass is 190 g/mol. The molecule has 0 amide bonds. The van der Waals surface area contributed by atoms with Gasteiger partial charge in [-0.15, -0.1) is 0 Å². The second-order valence-corrected chi connectivity index (χ2v) is 3.90. The summed E-state index contributed by atoms with van der Waals surface area (Å²) in [4.78, 5) is 0. The molecule has 0 saturated heterocycles. The van der Waals surface area contributed by atoms with Crippen LogP contribution in [0.4, 0.5) is 0 Å². The lowest BCUT2D eigenvalue weighted by Crippen LogP contribution is -1.75. The van der Waals surface area contributed by atoms with Gasteiger partial charge in [-0.05, 0) is 51.4 Å². The maximum atomic E-state index is 2.35. The first kappa shape index (κ1) is 11.3. The van der Waals surface area contributed by atoms with Gasteiger partial charge in [-0.2, -0.15) is 0 Å². The van der Waals surface area contributed by atoms with Crippen molar-refractivity contribution in [3.63, 3.8) is 0 Å². The molecule has 1 rings (SSSR count). The first-order chi connectivity index (χ1) is 7.00. The van der Waals surface area contributed by atoms with Crippen LogP contribution in [0.3, 0.4) is 0 Å². The molecule has 0 radical (unpaired) electrons. The number of hydrogen-bond acceptors (Lipinski definition) is 0. The lowest BCUT2D eigenvalue weighted by Gasteiger charge is -1.95. The third kappa shape index (κ3) is 6.71. The molecule has 14 heavy (non-hydrogen) atoms. The summed E-state index contributed by atoms with van der Waals surface area (Å²) in [7, 11) is 0. The average Bonchev–Trinajstić information content (AvgIpc) is 2.22. The largest absolute Gasteiger partial charge is 0.0885 e. The molecule has 0 aromatic carbocycles. The molecule has 0 saturated carbocycles. The Bertz CT molecular complexity index is 174. The first-order valence-electron chi connectivity index (χ1n) is 5.97. The van der Waals surface area contributed by atoms with Gasteiger partial charge in [-0.25, -0.2) is 0 Å². The highest BCUT2D eigenvalue weighted by Gasteiger charge is 1.86. The van der Waals surface area contributed by atoms with Crippen molar-refractivity contribution in [2.45, 2.75) is 51.4 Å². The molecule has 0 spiro atoms. The smallest absolute Gasteiger partial charge is 0.0347 e. The zero-order chi connectivity index (χ0) is 9.90. The normalized spacial score (nSPS) is 20.6. The highest BCUT2D eigenvalue weighted by atomic mass is 13.9. The molecule has 0 unspecified atom stereocenters. The van der Waals surface area contributed by atoms with Gasteiger partial charge >= 0.3 is 0 Å². The van der Waals surface area contributed by atoms with Crippen LogP contribution in [0.5, 0.6) is 0 Å². The lowest BCUT2D eigenvalue weighted by molar-refractivity contribution is 0.744. The van der Waals surface area contributed by atoms with E-state index in [1.807, 2.05) is 0 Å². The Labute approximate surface area is 88.4 Å². The van der Waals surface area contributed by atoms with Crippen LogP contribution in [0, 0.1) is 0 Å². The molecule has 78 valence electrons.